The summed E-state index contributed by atoms with van der Waals surface area (Å²) in [6.07, 6.45) is -2.24. The average Bonchev–Trinajstić information content (AvgIpc) is 4.07. The molecule has 0 spiro atoms. The lowest BCUT2D eigenvalue weighted by atomic mass is 9.71. The molecule has 0 saturated carbocycles. The third-order valence-corrected chi connectivity index (χ3v) is 14.8. The first kappa shape index (κ1) is 46.7. The Kier molecular flexibility index (Phi) is 12.6. The summed E-state index contributed by atoms with van der Waals surface area (Å²) in [5.41, 5.74) is 8.93. The van der Waals surface area contributed by atoms with E-state index >= 15 is 0 Å². The summed E-state index contributed by atoms with van der Waals surface area (Å²) in [5.74, 6) is 1.97. The van der Waals surface area contributed by atoms with Crippen LogP contribution in [0.3, 0.4) is 0 Å². The highest BCUT2D eigenvalue weighted by molar-refractivity contribution is 6.09. The van der Waals surface area contributed by atoms with Gasteiger partial charge in [-0.1, -0.05) is 146 Å². The molecule has 0 fully saturated rings. The molecular weight excluding hydrogens is 919 g/mol. The molecule has 9 nitrogen and oxygen atoms in total. The van der Waals surface area contributed by atoms with Crippen LogP contribution in [-0.2, 0) is 25.0 Å². The molecule has 3 unspecified atom stereocenters. The monoisotopic (exact) mass is 975 g/mol. The number of nitrogens with zero attached hydrogens (tertiary/aromatic N) is 3. The fraction of sp³-hybridized carbons (Fsp3) is 0.169. The number of aromatic nitrogens is 3. The van der Waals surface area contributed by atoms with E-state index in [0.717, 1.165) is 82.1 Å². The molecule has 3 heterocycles. The standard InChI is InChI=1S/C65H57N3O6/c1-65(44-26-32-50(33-27-44)72-41-47(69)38-66-59-20-8-2-14-53(59)54-15-3-9-21-60(54)66,45-28-34-51(35-29-45)73-42-48(70)39-67-61-22-10-4-16-55(61)56-17-5-11-23-62(56)67)46-30-36-52(37-31-46)74-43-49(71)40-68-63-24-12-6-18-57(63)58-19-7-13-25-64(58)68/h2-37,47-49,69-71H,38-43H2,1H3. The third kappa shape index (κ3) is 8.79. The van der Waals surface area contributed by atoms with Gasteiger partial charge in [0.1, 0.15) is 55.4 Å². The van der Waals surface area contributed by atoms with Gasteiger partial charge in [-0.25, -0.2) is 0 Å². The van der Waals surface area contributed by atoms with E-state index in [-0.39, 0.29) is 19.8 Å². The van der Waals surface area contributed by atoms with Crippen LogP contribution in [0.1, 0.15) is 23.6 Å². The van der Waals surface area contributed by atoms with E-state index in [9.17, 15) is 15.3 Å². The first-order valence-electron chi connectivity index (χ1n) is 25.4. The summed E-state index contributed by atoms with van der Waals surface area (Å²) in [4.78, 5) is 0. The number of aliphatic hydroxyl groups is 3. The molecule has 0 aliphatic rings. The third-order valence-electron chi connectivity index (χ3n) is 14.8. The van der Waals surface area contributed by atoms with Crippen LogP contribution in [0.25, 0.3) is 65.4 Å². The molecular formula is C65H57N3O6. The minimum atomic E-state index is -0.745. The van der Waals surface area contributed by atoms with E-state index < -0.39 is 23.7 Å². The Hall–Kier alpha value is -8.34. The van der Waals surface area contributed by atoms with Crippen molar-refractivity contribution in [1.29, 1.82) is 0 Å². The highest BCUT2D eigenvalue weighted by atomic mass is 16.5. The minimum absolute atomic E-state index is 0.126. The maximum Gasteiger partial charge on any atom is 0.119 e. The molecule has 0 aliphatic carbocycles. The number of para-hydroxylation sites is 6. The van der Waals surface area contributed by atoms with Gasteiger partial charge in [-0.15, -0.1) is 0 Å². The molecule has 3 atom stereocenters. The molecule has 0 bridgehead atoms. The predicted octanol–water partition coefficient (Wildman–Crippen LogP) is 12.7. The van der Waals surface area contributed by atoms with Crippen molar-refractivity contribution >= 4 is 65.4 Å². The lowest BCUT2D eigenvalue weighted by Gasteiger charge is -2.32. The lowest BCUT2D eigenvalue weighted by molar-refractivity contribution is 0.0944. The molecule has 0 saturated heterocycles. The van der Waals surface area contributed by atoms with E-state index in [1.165, 1.54) is 0 Å². The Bertz CT molecular complexity index is 3350. The van der Waals surface area contributed by atoms with Gasteiger partial charge in [0.2, 0.25) is 0 Å². The quantitative estimate of drug-likeness (QED) is 0.0740. The molecule has 12 aromatic rings. The second-order valence-electron chi connectivity index (χ2n) is 19.5. The number of hydrogen-bond acceptors (Lipinski definition) is 6. The summed E-state index contributed by atoms with van der Waals surface area (Å²) >= 11 is 0. The van der Waals surface area contributed by atoms with Crippen LogP contribution in [0.2, 0.25) is 0 Å². The Balaban J connectivity index is 0.765. The molecule has 9 heteroatoms. The molecule has 0 amide bonds. The average molecular weight is 976 g/mol. The van der Waals surface area contributed by atoms with Crippen molar-refractivity contribution in [3.05, 3.63) is 235 Å². The number of rotatable bonds is 18. The van der Waals surface area contributed by atoms with Gasteiger partial charge < -0.3 is 43.2 Å². The van der Waals surface area contributed by atoms with Crippen molar-refractivity contribution in [2.24, 2.45) is 0 Å². The van der Waals surface area contributed by atoms with Gasteiger partial charge >= 0.3 is 0 Å². The van der Waals surface area contributed by atoms with Crippen molar-refractivity contribution < 1.29 is 29.5 Å². The summed E-state index contributed by atoms with van der Waals surface area (Å²) in [7, 11) is 0. The predicted molar refractivity (Wildman–Crippen MR) is 298 cm³/mol. The number of fused-ring (bicyclic) bond motifs is 9. The zero-order chi connectivity index (χ0) is 50.2. The summed E-state index contributed by atoms with van der Waals surface area (Å²) in [6.45, 7) is 3.76. The van der Waals surface area contributed by atoms with E-state index in [0.29, 0.717) is 36.9 Å². The van der Waals surface area contributed by atoms with E-state index in [2.05, 4.69) is 130 Å². The summed E-state index contributed by atoms with van der Waals surface area (Å²) in [6, 6.07) is 74.1. The number of benzene rings is 9. The molecule has 0 aliphatic heterocycles. The van der Waals surface area contributed by atoms with Crippen LogP contribution in [0, 0.1) is 0 Å². The number of hydrogen-bond donors (Lipinski definition) is 3. The van der Waals surface area contributed by atoms with Crippen molar-refractivity contribution in [3.63, 3.8) is 0 Å². The highest BCUT2D eigenvalue weighted by Gasteiger charge is 2.32. The maximum absolute atomic E-state index is 11.3. The van der Waals surface area contributed by atoms with Gasteiger partial charge in [-0.05, 0) is 96.4 Å². The largest absolute Gasteiger partial charge is 0.491 e. The molecule has 368 valence electrons. The zero-order valence-electron chi connectivity index (χ0n) is 41.2. The van der Waals surface area contributed by atoms with Crippen molar-refractivity contribution in [2.75, 3.05) is 19.8 Å². The SMILES string of the molecule is CC(c1ccc(OCC(O)Cn2c3ccccc3c3ccccc32)cc1)(c1ccc(OCC(O)Cn2c3ccccc3c3ccccc32)cc1)c1ccc(OCC(O)Cn2c3ccccc3c3ccccc32)cc1. The topological polar surface area (TPSA) is 103 Å². The smallest absolute Gasteiger partial charge is 0.119 e. The van der Waals surface area contributed by atoms with Crippen molar-refractivity contribution in [1.82, 2.24) is 13.7 Å². The fourth-order valence-electron chi connectivity index (χ4n) is 11.1. The van der Waals surface area contributed by atoms with Crippen LogP contribution in [0.5, 0.6) is 17.2 Å². The van der Waals surface area contributed by atoms with Crippen LogP contribution >= 0.6 is 0 Å². The molecule has 3 N–H and O–H groups in total. The van der Waals surface area contributed by atoms with E-state index in [4.69, 9.17) is 14.2 Å². The molecule has 74 heavy (non-hydrogen) atoms. The van der Waals surface area contributed by atoms with Gasteiger partial charge in [0.15, 0.2) is 0 Å². The Morgan fingerprint density at radius 2 is 0.514 bits per heavy atom. The summed E-state index contributed by atoms with van der Waals surface area (Å²) in [5, 5.41) is 41.0. The first-order chi connectivity index (χ1) is 36.3. The normalized spacial score (nSPS) is 13.9. The van der Waals surface area contributed by atoms with E-state index in [1.807, 2.05) is 109 Å². The summed E-state index contributed by atoms with van der Waals surface area (Å²) < 4.78 is 25.3. The first-order valence-corrected chi connectivity index (χ1v) is 25.4. The molecule has 12 rings (SSSR count). The van der Waals surface area contributed by atoms with Crippen LogP contribution in [0.15, 0.2) is 218 Å². The number of aliphatic hydroxyl groups excluding tert-OH is 3. The second kappa shape index (κ2) is 19.9. The Labute approximate surface area is 429 Å². The lowest BCUT2D eigenvalue weighted by Crippen LogP contribution is -2.26. The van der Waals surface area contributed by atoms with Gasteiger partial charge in [-0.3, -0.25) is 0 Å². The van der Waals surface area contributed by atoms with Crippen LogP contribution in [0.4, 0.5) is 0 Å². The van der Waals surface area contributed by atoms with Crippen LogP contribution < -0.4 is 14.2 Å². The highest BCUT2D eigenvalue weighted by Crippen LogP contribution is 2.41. The number of ether oxygens (including phenoxy) is 3. The Morgan fingerprint density at radius 1 is 0.311 bits per heavy atom. The van der Waals surface area contributed by atoms with E-state index in [1.54, 1.807) is 0 Å². The fourth-order valence-corrected chi connectivity index (χ4v) is 11.1. The van der Waals surface area contributed by atoms with Gasteiger partial charge in [0.05, 0.1) is 19.6 Å². The van der Waals surface area contributed by atoms with Gasteiger partial charge in [-0.2, -0.15) is 0 Å². The van der Waals surface area contributed by atoms with Gasteiger partial charge in [0.25, 0.3) is 0 Å². The van der Waals surface area contributed by atoms with Crippen LogP contribution in [-0.4, -0.2) is 67.2 Å². The maximum atomic E-state index is 11.3. The van der Waals surface area contributed by atoms with Crippen molar-refractivity contribution in [3.8, 4) is 17.2 Å². The molecule has 0 radical (unpaired) electrons. The molecule has 3 aromatic heterocycles. The zero-order valence-corrected chi connectivity index (χ0v) is 41.2. The second-order valence-corrected chi connectivity index (χ2v) is 19.5. The van der Waals surface area contributed by atoms with Gasteiger partial charge in [0, 0.05) is 70.8 Å². The molecule has 9 aromatic carbocycles. The minimum Gasteiger partial charge on any atom is -0.491 e. The van der Waals surface area contributed by atoms with Crippen molar-refractivity contribution in [2.45, 2.75) is 50.3 Å². The Morgan fingerprint density at radius 3 is 0.730 bits per heavy atom.